The van der Waals surface area contributed by atoms with E-state index in [9.17, 15) is 14.4 Å². The Labute approximate surface area is 180 Å². The maximum Gasteiger partial charge on any atom is 0.261 e. The number of halogens is 1. The molecule has 152 valence electrons. The van der Waals surface area contributed by atoms with Crippen LogP contribution in [0.25, 0.3) is 5.69 Å². The first kappa shape index (κ1) is 19.9. The Balaban J connectivity index is 1.49. The van der Waals surface area contributed by atoms with Crippen molar-refractivity contribution in [3.05, 3.63) is 91.8 Å². The fourth-order valence-electron chi connectivity index (χ4n) is 2.92. The maximum atomic E-state index is 12.1. The van der Waals surface area contributed by atoms with E-state index in [2.05, 4.69) is 16.3 Å². The van der Waals surface area contributed by atoms with E-state index in [0.29, 0.717) is 31.8 Å². The van der Waals surface area contributed by atoms with Gasteiger partial charge in [0.1, 0.15) is 0 Å². The topological polar surface area (TPSA) is 95.5 Å². The normalized spacial score (nSPS) is 13.0. The molecule has 4 rings (SSSR count). The number of carbonyl (C=O) groups excluding carboxylic acids is 2. The van der Waals surface area contributed by atoms with Crippen LogP contribution in [0.5, 0.6) is 0 Å². The van der Waals surface area contributed by atoms with Crippen LogP contribution >= 0.6 is 22.9 Å². The lowest BCUT2D eigenvalue weighted by Gasteiger charge is -2.18. The van der Waals surface area contributed by atoms with Gasteiger partial charge in [0, 0.05) is 29.7 Å². The molecule has 3 heterocycles. The van der Waals surface area contributed by atoms with Gasteiger partial charge >= 0.3 is 0 Å². The zero-order valence-electron chi connectivity index (χ0n) is 15.5. The van der Waals surface area contributed by atoms with Crippen molar-refractivity contribution in [3.63, 3.8) is 0 Å². The lowest BCUT2D eigenvalue weighted by Crippen LogP contribution is -2.38. The lowest BCUT2D eigenvalue weighted by molar-refractivity contribution is 0.0960. The first-order valence-electron chi connectivity index (χ1n) is 8.87. The second-order valence-electron chi connectivity index (χ2n) is 6.32. The number of anilines is 1. The number of hydrogen-bond donors (Lipinski definition) is 3. The van der Waals surface area contributed by atoms with E-state index < -0.39 is 0 Å². The molecule has 0 fully saturated rings. The van der Waals surface area contributed by atoms with Gasteiger partial charge in [0.05, 0.1) is 27.1 Å². The van der Waals surface area contributed by atoms with Crippen LogP contribution in [0.15, 0.2) is 71.4 Å². The molecule has 30 heavy (non-hydrogen) atoms. The zero-order valence-corrected chi connectivity index (χ0v) is 17.0. The summed E-state index contributed by atoms with van der Waals surface area (Å²) in [5, 5.41) is 4.43. The number of hydrazine groups is 2. The summed E-state index contributed by atoms with van der Waals surface area (Å²) in [6.07, 6.45) is 4.10. The number of benzene rings is 1. The molecule has 1 aromatic carbocycles. The highest BCUT2D eigenvalue weighted by molar-refractivity contribution is 7.18. The second-order valence-corrected chi connectivity index (χ2v) is 8.03. The standard InChI is InChI=1S/C20H16ClN5O3S/c21-18-7-6-17(30-18)20(29)22-10-14-11-26(24-23-14)16-5-4-15(9-13(16)12-27)25-8-2-1-3-19(25)28/h1-9,11-12,23-24H,10H2,(H,22,29). The number of pyridine rings is 1. The number of thiophene rings is 1. The molecule has 0 atom stereocenters. The summed E-state index contributed by atoms with van der Waals surface area (Å²) >= 11 is 7.06. The second kappa shape index (κ2) is 8.54. The summed E-state index contributed by atoms with van der Waals surface area (Å²) in [7, 11) is 0. The van der Waals surface area contributed by atoms with Gasteiger partial charge in [-0.3, -0.25) is 24.0 Å². The Hall–Kier alpha value is -3.40. The van der Waals surface area contributed by atoms with E-state index in [1.807, 2.05) is 0 Å². The van der Waals surface area contributed by atoms with Gasteiger partial charge in [-0.05, 0) is 36.4 Å². The number of nitrogens with one attached hydrogen (secondary N) is 3. The molecule has 0 radical (unpaired) electrons. The van der Waals surface area contributed by atoms with Gasteiger partial charge in [-0.1, -0.05) is 17.7 Å². The summed E-state index contributed by atoms with van der Waals surface area (Å²) in [5.74, 6) is -0.223. The van der Waals surface area contributed by atoms with Crippen molar-refractivity contribution in [1.29, 1.82) is 0 Å². The van der Waals surface area contributed by atoms with Crippen LogP contribution in [0.2, 0.25) is 4.34 Å². The summed E-state index contributed by atoms with van der Waals surface area (Å²) in [5.41, 5.74) is 7.97. The third-order valence-corrected chi connectivity index (χ3v) is 5.59. The zero-order chi connectivity index (χ0) is 21.1. The average molecular weight is 442 g/mol. The van der Waals surface area contributed by atoms with Crippen LogP contribution in [0.1, 0.15) is 20.0 Å². The highest BCUT2D eigenvalue weighted by atomic mass is 35.5. The summed E-state index contributed by atoms with van der Waals surface area (Å²) in [6, 6.07) is 13.3. The smallest absolute Gasteiger partial charge is 0.261 e. The summed E-state index contributed by atoms with van der Waals surface area (Å²) in [6.45, 7) is 0.256. The van der Waals surface area contributed by atoms with Crippen molar-refractivity contribution < 1.29 is 9.59 Å². The van der Waals surface area contributed by atoms with Crippen LogP contribution in [-0.2, 0) is 0 Å². The predicted octanol–water partition coefficient (Wildman–Crippen LogP) is 2.47. The highest BCUT2D eigenvalue weighted by Gasteiger charge is 2.18. The van der Waals surface area contributed by atoms with Gasteiger partial charge in [0.15, 0.2) is 6.29 Å². The molecule has 2 aromatic heterocycles. The minimum atomic E-state index is -0.223. The van der Waals surface area contributed by atoms with Crippen molar-refractivity contribution in [2.75, 3.05) is 11.6 Å². The molecule has 1 aliphatic rings. The molecule has 0 aliphatic carbocycles. The Morgan fingerprint density at radius 2 is 2.07 bits per heavy atom. The Kier molecular flexibility index (Phi) is 5.66. The highest BCUT2D eigenvalue weighted by Crippen LogP contribution is 2.23. The summed E-state index contributed by atoms with van der Waals surface area (Å²) < 4.78 is 2.01. The van der Waals surface area contributed by atoms with E-state index in [4.69, 9.17) is 11.6 Å². The molecule has 8 nitrogen and oxygen atoms in total. The number of amides is 1. The third kappa shape index (κ3) is 4.13. The number of carbonyl (C=O) groups is 2. The molecule has 0 saturated carbocycles. The molecule has 0 spiro atoms. The van der Waals surface area contributed by atoms with Crippen molar-refractivity contribution in [2.24, 2.45) is 0 Å². The molecule has 1 aliphatic heterocycles. The van der Waals surface area contributed by atoms with Crippen LogP contribution in [0.3, 0.4) is 0 Å². The Bertz CT molecular complexity index is 1200. The first-order valence-corrected chi connectivity index (χ1v) is 10.1. The van der Waals surface area contributed by atoms with E-state index in [-0.39, 0.29) is 18.0 Å². The first-order chi connectivity index (χ1) is 14.5. The van der Waals surface area contributed by atoms with Gasteiger partial charge in [0.25, 0.3) is 11.5 Å². The molecule has 3 N–H and O–H groups in total. The fraction of sp³-hybridized carbons (Fsp3) is 0.0500. The van der Waals surface area contributed by atoms with Gasteiger partial charge < -0.3 is 10.7 Å². The quantitative estimate of drug-likeness (QED) is 0.509. The van der Waals surface area contributed by atoms with Gasteiger partial charge in [-0.2, -0.15) is 0 Å². The molecule has 0 saturated heterocycles. The number of hydrogen-bond acceptors (Lipinski definition) is 7. The fourth-order valence-corrected chi connectivity index (χ4v) is 3.88. The molecule has 3 aromatic rings. The van der Waals surface area contributed by atoms with E-state index in [0.717, 1.165) is 6.29 Å². The molecule has 0 bridgehead atoms. The average Bonchev–Trinajstić information content (AvgIpc) is 3.41. The van der Waals surface area contributed by atoms with Crippen molar-refractivity contribution in [2.45, 2.75) is 0 Å². The van der Waals surface area contributed by atoms with Gasteiger partial charge in [-0.25, -0.2) is 0 Å². The largest absolute Gasteiger partial charge is 0.346 e. The monoisotopic (exact) mass is 441 g/mol. The van der Waals surface area contributed by atoms with Gasteiger partial charge in [-0.15, -0.1) is 16.9 Å². The Morgan fingerprint density at radius 1 is 1.20 bits per heavy atom. The van der Waals surface area contributed by atoms with Crippen molar-refractivity contribution in [1.82, 2.24) is 20.8 Å². The maximum absolute atomic E-state index is 12.1. The van der Waals surface area contributed by atoms with Gasteiger partial charge in [0.2, 0.25) is 0 Å². The van der Waals surface area contributed by atoms with Crippen LogP contribution < -0.4 is 26.8 Å². The van der Waals surface area contributed by atoms with Crippen LogP contribution in [0.4, 0.5) is 5.69 Å². The minimum absolute atomic E-state index is 0.187. The number of aromatic nitrogens is 1. The van der Waals surface area contributed by atoms with E-state index in [1.54, 1.807) is 59.9 Å². The van der Waals surface area contributed by atoms with Crippen LogP contribution in [0, 0.1) is 0 Å². The number of aldehydes is 1. The van der Waals surface area contributed by atoms with Crippen LogP contribution in [-0.4, -0.2) is 23.3 Å². The number of rotatable bonds is 6. The van der Waals surface area contributed by atoms with E-state index in [1.165, 1.54) is 22.0 Å². The lowest BCUT2D eigenvalue weighted by atomic mass is 10.1. The summed E-state index contributed by atoms with van der Waals surface area (Å²) in [4.78, 5) is 36.4. The minimum Gasteiger partial charge on any atom is -0.346 e. The molecular formula is C20H16ClN5O3S. The molecule has 0 unspecified atom stereocenters. The molecular weight excluding hydrogens is 426 g/mol. The van der Waals surface area contributed by atoms with E-state index >= 15 is 0 Å². The number of nitrogens with zero attached hydrogens (tertiary/aromatic N) is 2. The Morgan fingerprint density at radius 3 is 2.80 bits per heavy atom. The third-order valence-electron chi connectivity index (χ3n) is 4.36. The SMILES string of the molecule is O=Cc1cc(-n2ccccc2=O)ccc1N1C=C(CNC(=O)c2ccc(Cl)s2)NN1. The van der Waals surface area contributed by atoms with Crippen molar-refractivity contribution in [3.8, 4) is 5.69 Å². The molecule has 10 heteroatoms. The predicted molar refractivity (Wildman–Crippen MR) is 116 cm³/mol. The molecule has 1 amide bonds. The van der Waals surface area contributed by atoms with Crippen molar-refractivity contribution >= 4 is 40.8 Å².